The van der Waals surface area contributed by atoms with Gasteiger partial charge in [-0.3, -0.25) is 9.59 Å². The van der Waals surface area contributed by atoms with E-state index in [1.54, 1.807) is 0 Å². The van der Waals surface area contributed by atoms with Gasteiger partial charge in [-0.15, -0.1) is 0 Å². The minimum absolute atomic E-state index is 0.0942. The summed E-state index contributed by atoms with van der Waals surface area (Å²) in [5, 5.41) is 2.95. The molecule has 0 bridgehead atoms. The molecular weight excluding hydrogens is 288 g/mol. The maximum atomic E-state index is 12.5. The van der Waals surface area contributed by atoms with Crippen molar-refractivity contribution in [3.63, 3.8) is 0 Å². The molecule has 0 atom stereocenters. The summed E-state index contributed by atoms with van der Waals surface area (Å²) < 4.78 is 0. The van der Waals surface area contributed by atoms with Crippen molar-refractivity contribution in [2.24, 2.45) is 0 Å². The molecule has 0 saturated carbocycles. The van der Waals surface area contributed by atoms with Crippen molar-refractivity contribution in [3.05, 3.63) is 58.7 Å². The monoisotopic (exact) mass is 306 g/mol. The van der Waals surface area contributed by atoms with E-state index in [2.05, 4.69) is 5.32 Å². The van der Waals surface area contributed by atoms with Gasteiger partial charge in [0.05, 0.1) is 5.69 Å². The highest BCUT2D eigenvalue weighted by molar-refractivity contribution is 6.06. The molecular formula is C19H18N2O2. The number of nitrogens with one attached hydrogen (secondary N) is 1. The Labute approximate surface area is 135 Å². The molecule has 2 aromatic rings. The predicted molar refractivity (Wildman–Crippen MR) is 90.0 cm³/mol. The maximum absolute atomic E-state index is 12.5. The van der Waals surface area contributed by atoms with Crippen LogP contribution in [0.15, 0.2) is 36.4 Å². The molecule has 4 heteroatoms. The third-order valence-electron chi connectivity index (χ3n) is 4.62. The molecule has 2 amide bonds. The lowest BCUT2D eigenvalue weighted by Crippen LogP contribution is -2.33. The van der Waals surface area contributed by atoms with Crippen molar-refractivity contribution >= 4 is 23.2 Å². The third kappa shape index (κ3) is 2.40. The first-order valence-corrected chi connectivity index (χ1v) is 7.96. The van der Waals surface area contributed by atoms with Gasteiger partial charge in [0, 0.05) is 24.2 Å². The summed E-state index contributed by atoms with van der Waals surface area (Å²) in [4.78, 5) is 26.4. The van der Waals surface area contributed by atoms with Crippen molar-refractivity contribution < 1.29 is 9.59 Å². The lowest BCUT2D eigenvalue weighted by Gasteiger charge is -2.25. The van der Waals surface area contributed by atoms with Crippen LogP contribution in [0.5, 0.6) is 0 Å². The maximum Gasteiger partial charge on any atom is 0.255 e. The number of carbonyl (C=O) groups is 2. The zero-order valence-corrected chi connectivity index (χ0v) is 13.1. The van der Waals surface area contributed by atoms with Crippen LogP contribution >= 0.6 is 0 Å². The Morgan fingerprint density at radius 3 is 2.48 bits per heavy atom. The van der Waals surface area contributed by atoms with Gasteiger partial charge in [0.1, 0.15) is 0 Å². The largest absolute Gasteiger partial charge is 0.322 e. The molecule has 23 heavy (non-hydrogen) atoms. The summed E-state index contributed by atoms with van der Waals surface area (Å²) in [6, 6.07) is 11.6. The molecule has 2 aliphatic heterocycles. The van der Waals surface area contributed by atoms with Crippen LogP contribution in [0.2, 0.25) is 0 Å². The van der Waals surface area contributed by atoms with Gasteiger partial charge in [-0.05, 0) is 55.2 Å². The molecule has 4 nitrogen and oxygen atoms in total. The van der Waals surface area contributed by atoms with Crippen LogP contribution < -0.4 is 10.2 Å². The van der Waals surface area contributed by atoms with Crippen LogP contribution in [-0.4, -0.2) is 18.4 Å². The van der Waals surface area contributed by atoms with E-state index in [4.69, 9.17) is 0 Å². The van der Waals surface area contributed by atoms with Crippen molar-refractivity contribution in [3.8, 4) is 0 Å². The predicted octanol–water partition coefficient (Wildman–Crippen LogP) is 3.08. The Morgan fingerprint density at radius 1 is 1.04 bits per heavy atom. The van der Waals surface area contributed by atoms with Gasteiger partial charge in [0.2, 0.25) is 5.91 Å². The first kappa shape index (κ1) is 14.0. The number of amides is 2. The lowest BCUT2D eigenvalue weighted by atomic mass is 9.96. The Balaban J connectivity index is 1.64. The van der Waals surface area contributed by atoms with Gasteiger partial charge in [-0.2, -0.15) is 0 Å². The Kier molecular flexibility index (Phi) is 3.18. The lowest BCUT2D eigenvalue weighted by molar-refractivity contribution is -0.118. The second-order valence-electron chi connectivity index (χ2n) is 6.26. The van der Waals surface area contributed by atoms with E-state index in [0.717, 1.165) is 47.5 Å². The van der Waals surface area contributed by atoms with Crippen LogP contribution in [0.4, 0.5) is 11.4 Å². The fraction of sp³-hybridized carbons (Fsp3) is 0.263. The Morgan fingerprint density at radius 2 is 1.74 bits per heavy atom. The molecule has 0 aliphatic carbocycles. The second-order valence-corrected chi connectivity index (χ2v) is 6.26. The SMILES string of the molecule is Cc1ccc(NC(=O)c2cc3c4c(c2)CCN4C(=O)CC3)cc1. The number of anilines is 2. The molecule has 0 aromatic heterocycles. The summed E-state index contributed by atoms with van der Waals surface area (Å²) in [6.07, 6.45) is 2.10. The molecule has 1 N–H and O–H groups in total. The zero-order valence-electron chi connectivity index (χ0n) is 13.1. The minimum atomic E-state index is -0.0942. The molecule has 0 fully saturated rings. The Bertz CT molecular complexity index is 809. The van der Waals surface area contributed by atoms with Gasteiger partial charge in [0.25, 0.3) is 5.91 Å². The van der Waals surface area contributed by atoms with Crippen LogP contribution in [0.3, 0.4) is 0 Å². The topological polar surface area (TPSA) is 49.4 Å². The normalized spacial score (nSPS) is 15.5. The highest BCUT2D eigenvalue weighted by Crippen LogP contribution is 2.37. The van der Waals surface area contributed by atoms with E-state index in [-0.39, 0.29) is 11.8 Å². The molecule has 2 aliphatic rings. The number of nitrogens with zero attached hydrogens (tertiary/aromatic N) is 1. The van der Waals surface area contributed by atoms with Crippen molar-refractivity contribution in [2.75, 3.05) is 16.8 Å². The molecule has 0 saturated heterocycles. The molecule has 116 valence electrons. The third-order valence-corrected chi connectivity index (χ3v) is 4.62. The fourth-order valence-corrected chi connectivity index (χ4v) is 3.43. The molecule has 0 radical (unpaired) electrons. The summed E-state index contributed by atoms with van der Waals surface area (Å²) in [7, 11) is 0. The average molecular weight is 306 g/mol. The van der Waals surface area contributed by atoms with Gasteiger partial charge in [-0.25, -0.2) is 0 Å². The van der Waals surface area contributed by atoms with E-state index in [0.29, 0.717) is 12.0 Å². The first-order valence-electron chi connectivity index (χ1n) is 7.96. The first-order chi connectivity index (χ1) is 11.1. The molecule has 2 heterocycles. The van der Waals surface area contributed by atoms with Crippen molar-refractivity contribution in [2.45, 2.75) is 26.2 Å². The number of hydrogen-bond acceptors (Lipinski definition) is 2. The molecule has 0 spiro atoms. The average Bonchev–Trinajstić information content (AvgIpc) is 2.98. The molecule has 4 rings (SSSR count). The van der Waals surface area contributed by atoms with Gasteiger partial charge in [0.15, 0.2) is 0 Å². The number of carbonyl (C=O) groups excluding carboxylic acids is 2. The van der Waals surface area contributed by atoms with Gasteiger partial charge >= 0.3 is 0 Å². The zero-order chi connectivity index (χ0) is 16.0. The van der Waals surface area contributed by atoms with E-state index >= 15 is 0 Å². The molecule has 2 aromatic carbocycles. The number of aryl methyl sites for hydroxylation is 2. The smallest absolute Gasteiger partial charge is 0.255 e. The Hall–Kier alpha value is -2.62. The highest BCUT2D eigenvalue weighted by Gasteiger charge is 2.31. The highest BCUT2D eigenvalue weighted by atomic mass is 16.2. The summed E-state index contributed by atoms with van der Waals surface area (Å²) in [6.45, 7) is 2.76. The standard InChI is InChI=1S/C19H18N2O2/c1-12-2-5-16(6-3-12)20-19(23)15-10-13-4-7-17(22)21-9-8-14(11-15)18(13)21/h2-3,5-6,10-11H,4,7-9H2,1H3,(H,20,23). The van der Waals surface area contributed by atoms with E-state index in [1.807, 2.05) is 48.2 Å². The summed E-state index contributed by atoms with van der Waals surface area (Å²) in [5.74, 6) is 0.108. The van der Waals surface area contributed by atoms with Gasteiger partial charge < -0.3 is 10.2 Å². The van der Waals surface area contributed by atoms with E-state index < -0.39 is 0 Å². The van der Waals surface area contributed by atoms with E-state index in [9.17, 15) is 9.59 Å². The van der Waals surface area contributed by atoms with Crippen molar-refractivity contribution in [1.29, 1.82) is 0 Å². The van der Waals surface area contributed by atoms with Crippen molar-refractivity contribution in [1.82, 2.24) is 0 Å². The number of rotatable bonds is 2. The van der Waals surface area contributed by atoms with Gasteiger partial charge in [-0.1, -0.05) is 17.7 Å². The van der Waals surface area contributed by atoms with E-state index in [1.165, 1.54) is 0 Å². The minimum Gasteiger partial charge on any atom is -0.322 e. The van der Waals surface area contributed by atoms with Crippen LogP contribution in [0.1, 0.15) is 33.5 Å². The molecule has 0 unspecified atom stereocenters. The number of hydrogen-bond donors (Lipinski definition) is 1. The van der Waals surface area contributed by atoms with Crippen LogP contribution in [0, 0.1) is 6.92 Å². The second kappa shape index (κ2) is 5.23. The summed E-state index contributed by atoms with van der Waals surface area (Å²) in [5.41, 5.74) is 5.92. The van der Waals surface area contributed by atoms with Crippen LogP contribution in [0.25, 0.3) is 0 Å². The number of benzene rings is 2. The quantitative estimate of drug-likeness (QED) is 0.927. The van der Waals surface area contributed by atoms with Crippen LogP contribution in [-0.2, 0) is 17.6 Å². The summed E-state index contributed by atoms with van der Waals surface area (Å²) >= 11 is 0. The fourth-order valence-electron chi connectivity index (χ4n) is 3.43.